The summed E-state index contributed by atoms with van der Waals surface area (Å²) in [6, 6.07) is 0. The zero-order chi connectivity index (χ0) is 11.5. The third-order valence-electron chi connectivity index (χ3n) is 3.17. The first-order valence-corrected chi connectivity index (χ1v) is 6.32. The van der Waals surface area contributed by atoms with Crippen molar-refractivity contribution in [2.75, 3.05) is 32.2 Å². The number of carbonyl (C=O) groups excluding carboxylic acids is 1. The predicted molar refractivity (Wildman–Crippen MR) is 60.6 cm³/mol. The maximum atomic E-state index is 12.2. The molecule has 0 bridgehead atoms. The molecule has 0 N–H and O–H groups in total. The lowest BCUT2D eigenvalue weighted by Crippen LogP contribution is -2.48. The van der Waals surface area contributed by atoms with Gasteiger partial charge in [0.25, 0.3) is 0 Å². The number of rotatable bonds is 2. The van der Waals surface area contributed by atoms with Crippen molar-refractivity contribution in [3.8, 4) is 0 Å². The molecular weight excluding hydrogens is 230 g/mol. The van der Waals surface area contributed by atoms with Crippen LogP contribution in [0.5, 0.6) is 0 Å². The quantitative estimate of drug-likeness (QED) is 0.680. The van der Waals surface area contributed by atoms with Gasteiger partial charge in [-0.3, -0.25) is 4.79 Å². The molecule has 0 aromatic heterocycles. The molecule has 2 fully saturated rings. The van der Waals surface area contributed by atoms with Crippen LogP contribution >= 0.6 is 11.6 Å². The van der Waals surface area contributed by atoms with Gasteiger partial charge in [0.1, 0.15) is 0 Å². The van der Waals surface area contributed by atoms with Gasteiger partial charge >= 0.3 is 0 Å². The van der Waals surface area contributed by atoms with Crippen molar-refractivity contribution in [3.05, 3.63) is 0 Å². The zero-order valence-electron chi connectivity index (χ0n) is 9.52. The predicted octanol–water partition coefficient (Wildman–Crippen LogP) is 0.878. The number of halogens is 1. The molecule has 2 aliphatic heterocycles. The Morgan fingerprint density at radius 1 is 1.50 bits per heavy atom. The first-order chi connectivity index (χ1) is 7.70. The van der Waals surface area contributed by atoms with E-state index >= 15 is 0 Å². The standard InChI is InChI=1S/C11H18ClNO3/c1-8-4-9(7-16-8)11(14)13-2-3-15-10(5-12)6-13/h8-10H,2-7H2,1H3. The third-order valence-corrected chi connectivity index (χ3v) is 3.51. The highest BCUT2D eigenvalue weighted by molar-refractivity contribution is 6.18. The minimum atomic E-state index is -0.0147. The lowest BCUT2D eigenvalue weighted by atomic mass is 10.0. The van der Waals surface area contributed by atoms with E-state index in [0.717, 1.165) is 6.42 Å². The molecule has 2 rings (SSSR count). The summed E-state index contributed by atoms with van der Waals surface area (Å²) in [6.45, 7) is 4.45. The molecule has 0 aromatic carbocycles. The van der Waals surface area contributed by atoms with Crippen LogP contribution in [0.1, 0.15) is 13.3 Å². The van der Waals surface area contributed by atoms with Crippen molar-refractivity contribution in [1.82, 2.24) is 4.90 Å². The van der Waals surface area contributed by atoms with E-state index in [1.807, 2.05) is 11.8 Å². The first kappa shape index (κ1) is 12.1. The number of morpholine rings is 1. The van der Waals surface area contributed by atoms with E-state index in [9.17, 15) is 4.79 Å². The molecule has 0 spiro atoms. The van der Waals surface area contributed by atoms with Gasteiger partial charge in [-0.25, -0.2) is 0 Å². The Labute approximate surface area is 101 Å². The number of amides is 1. The average Bonchev–Trinajstić information content (AvgIpc) is 2.75. The van der Waals surface area contributed by atoms with E-state index in [4.69, 9.17) is 21.1 Å². The van der Waals surface area contributed by atoms with E-state index in [0.29, 0.717) is 32.2 Å². The van der Waals surface area contributed by atoms with Gasteiger partial charge in [-0.05, 0) is 13.3 Å². The van der Waals surface area contributed by atoms with Crippen LogP contribution in [0, 0.1) is 5.92 Å². The molecule has 3 unspecified atom stereocenters. The zero-order valence-corrected chi connectivity index (χ0v) is 10.3. The molecule has 2 heterocycles. The molecule has 5 heteroatoms. The van der Waals surface area contributed by atoms with Gasteiger partial charge in [-0.2, -0.15) is 0 Å². The lowest BCUT2D eigenvalue weighted by molar-refractivity contribution is -0.142. The minimum Gasteiger partial charge on any atom is -0.378 e. The van der Waals surface area contributed by atoms with E-state index in [-0.39, 0.29) is 24.0 Å². The first-order valence-electron chi connectivity index (χ1n) is 5.78. The summed E-state index contributed by atoms with van der Waals surface area (Å²) >= 11 is 5.75. The SMILES string of the molecule is CC1CC(C(=O)N2CCOC(CCl)C2)CO1. The van der Waals surface area contributed by atoms with Gasteiger partial charge in [0.2, 0.25) is 5.91 Å². The topological polar surface area (TPSA) is 38.8 Å². The highest BCUT2D eigenvalue weighted by atomic mass is 35.5. The molecule has 2 saturated heterocycles. The van der Waals surface area contributed by atoms with Gasteiger partial charge < -0.3 is 14.4 Å². The molecule has 0 aromatic rings. The van der Waals surface area contributed by atoms with Crippen LogP contribution in [0.2, 0.25) is 0 Å². The highest BCUT2D eigenvalue weighted by Gasteiger charge is 2.33. The van der Waals surface area contributed by atoms with Crippen LogP contribution in [-0.2, 0) is 14.3 Å². The number of hydrogen-bond acceptors (Lipinski definition) is 3. The minimum absolute atomic E-state index is 0.0147. The Kier molecular flexibility index (Phi) is 4.05. The summed E-state index contributed by atoms with van der Waals surface area (Å²) in [4.78, 5) is 14.0. The fraction of sp³-hybridized carbons (Fsp3) is 0.909. The van der Waals surface area contributed by atoms with Crippen molar-refractivity contribution in [1.29, 1.82) is 0 Å². The molecule has 4 nitrogen and oxygen atoms in total. The smallest absolute Gasteiger partial charge is 0.228 e. The molecule has 0 aliphatic carbocycles. The van der Waals surface area contributed by atoms with Crippen LogP contribution in [0.4, 0.5) is 0 Å². The summed E-state index contributed by atoms with van der Waals surface area (Å²) in [5, 5.41) is 0. The van der Waals surface area contributed by atoms with Crippen LogP contribution in [0.3, 0.4) is 0 Å². The van der Waals surface area contributed by atoms with Crippen LogP contribution in [0.15, 0.2) is 0 Å². The van der Waals surface area contributed by atoms with Gasteiger partial charge in [0.05, 0.1) is 37.2 Å². The number of alkyl halides is 1. The van der Waals surface area contributed by atoms with Crippen LogP contribution < -0.4 is 0 Å². The maximum absolute atomic E-state index is 12.2. The highest BCUT2D eigenvalue weighted by Crippen LogP contribution is 2.22. The lowest BCUT2D eigenvalue weighted by Gasteiger charge is -2.33. The number of ether oxygens (including phenoxy) is 2. The number of nitrogens with zero attached hydrogens (tertiary/aromatic N) is 1. The average molecular weight is 248 g/mol. The third kappa shape index (κ3) is 2.67. The van der Waals surface area contributed by atoms with Crippen molar-refractivity contribution in [2.45, 2.75) is 25.6 Å². The second-order valence-electron chi connectivity index (χ2n) is 4.51. The van der Waals surface area contributed by atoms with Crippen molar-refractivity contribution in [3.63, 3.8) is 0 Å². The normalized spacial score (nSPS) is 35.4. The van der Waals surface area contributed by atoms with Crippen molar-refractivity contribution >= 4 is 17.5 Å². The summed E-state index contributed by atoms with van der Waals surface area (Å²) in [6.07, 6.45) is 1.03. The maximum Gasteiger partial charge on any atom is 0.228 e. The van der Waals surface area contributed by atoms with Gasteiger partial charge in [0.15, 0.2) is 0 Å². The van der Waals surface area contributed by atoms with E-state index in [2.05, 4.69) is 0 Å². The summed E-state index contributed by atoms with van der Waals surface area (Å²) in [7, 11) is 0. The Morgan fingerprint density at radius 3 is 2.94 bits per heavy atom. The second kappa shape index (κ2) is 5.34. The molecule has 92 valence electrons. The molecule has 0 saturated carbocycles. The molecule has 0 radical (unpaired) electrons. The van der Waals surface area contributed by atoms with Crippen LogP contribution in [0.25, 0.3) is 0 Å². The fourth-order valence-corrected chi connectivity index (χ4v) is 2.45. The summed E-state index contributed by atoms with van der Waals surface area (Å²) in [5.74, 6) is 0.674. The Hall–Kier alpha value is -0.320. The molecule has 16 heavy (non-hydrogen) atoms. The van der Waals surface area contributed by atoms with E-state index in [1.54, 1.807) is 0 Å². The van der Waals surface area contributed by atoms with Crippen molar-refractivity contribution < 1.29 is 14.3 Å². The Morgan fingerprint density at radius 2 is 2.31 bits per heavy atom. The second-order valence-corrected chi connectivity index (χ2v) is 4.82. The number of hydrogen-bond donors (Lipinski definition) is 0. The van der Waals surface area contributed by atoms with Gasteiger partial charge in [-0.15, -0.1) is 11.6 Å². The summed E-state index contributed by atoms with van der Waals surface area (Å²) in [5.41, 5.74) is 0. The van der Waals surface area contributed by atoms with E-state index in [1.165, 1.54) is 0 Å². The van der Waals surface area contributed by atoms with Gasteiger partial charge in [-0.1, -0.05) is 0 Å². The number of carbonyl (C=O) groups is 1. The molecule has 1 amide bonds. The summed E-state index contributed by atoms with van der Waals surface area (Å²) < 4.78 is 10.9. The van der Waals surface area contributed by atoms with Crippen molar-refractivity contribution in [2.24, 2.45) is 5.92 Å². The monoisotopic (exact) mass is 247 g/mol. The van der Waals surface area contributed by atoms with Gasteiger partial charge in [0, 0.05) is 13.1 Å². The molecule has 3 atom stereocenters. The fourth-order valence-electron chi connectivity index (χ4n) is 2.26. The Bertz CT molecular complexity index is 262. The molecular formula is C11H18ClNO3. The largest absolute Gasteiger partial charge is 0.378 e. The van der Waals surface area contributed by atoms with E-state index < -0.39 is 0 Å². The Balaban J connectivity index is 1.89. The van der Waals surface area contributed by atoms with Crippen LogP contribution in [-0.4, -0.2) is 55.2 Å². The molecule has 2 aliphatic rings.